The first-order valence-electron chi connectivity index (χ1n) is 3.65. The number of pyridine rings is 1. The molecule has 0 aliphatic carbocycles. The zero-order chi connectivity index (χ0) is 9.84. The summed E-state index contributed by atoms with van der Waals surface area (Å²) < 4.78 is 10.1. The molecule has 1 aromatic heterocycles. The van der Waals surface area contributed by atoms with Gasteiger partial charge in [0, 0.05) is 26.0 Å². The van der Waals surface area contributed by atoms with E-state index in [0.29, 0.717) is 16.4 Å². The second kappa shape index (κ2) is 4.41. The second-order valence-electron chi connectivity index (χ2n) is 2.43. The molecule has 5 heteroatoms. The minimum atomic E-state index is -0.502. The molecule has 0 aromatic carbocycles. The van der Waals surface area contributed by atoms with Crippen molar-refractivity contribution in [2.24, 2.45) is 0 Å². The first kappa shape index (κ1) is 10.2. The van der Waals surface area contributed by atoms with E-state index in [0.717, 1.165) is 0 Å². The van der Waals surface area contributed by atoms with Crippen molar-refractivity contribution in [3.63, 3.8) is 0 Å². The lowest BCUT2D eigenvalue weighted by Gasteiger charge is -2.14. The summed E-state index contributed by atoms with van der Waals surface area (Å²) in [5.74, 6) is 0.388. The van der Waals surface area contributed by atoms with E-state index in [1.165, 1.54) is 20.4 Å². The SMILES string of the molecule is COC(OC)c1cc(N)ncc1Cl. The number of halogens is 1. The van der Waals surface area contributed by atoms with Gasteiger partial charge in [0.1, 0.15) is 5.82 Å². The molecule has 1 rings (SSSR count). The van der Waals surface area contributed by atoms with Gasteiger partial charge in [-0.25, -0.2) is 4.98 Å². The first-order chi connectivity index (χ1) is 6.19. The number of nitrogens with two attached hydrogens (primary N) is 1. The van der Waals surface area contributed by atoms with E-state index < -0.39 is 6.29 Å². The highest BCUT2D eigenvalue weighted by Crippen LogP contribution is 2.26. The Morgan fingerprint density at radius 3 is 2.62 bits per heavy atom. The van der Waals surface area contributed by atoms with Gasteiger partial charge in [-0.15, -0.1) is 0 Å². The van der Waals surface area contributed by atoms with Crippen LogP contribution in [0.2, 0.25) is 5.02 Å². The van der Waals surface area contributed by atoms with Crippen LogP contribution in [0.15, 0.2) is 12.3 Å². The van der Waals surface area contributed by atoms with Crippen LogP contribution in [0.4, 0.5) is 5.82 Å². The van der Waals surface area contributed by atoms with E-state index in [1.54, 1.807) is 6.07 Å². The van der Waals surface area contributed by atoms with Crippen LogP contribution >= 0.6 is 11.6 Å². The molecule has 0 radical (unpaired) electrons. The lowest BCUT2D eigenvalue weighted by atomic mass is 10.2. The van der Waals surface area contributed by atoms with Gasteiger partial charge in [0.2, 0.25) is 0 Å². The van der Waals surface area contributed by atoms with Crippen LogP contribution in [-0.2, 0) is 9.47 Å². The maximum absolute atomic E-state index is 5.87. The predicted molar refractivity (Wildman–Crippen MR) is 50.4 cm³/mol. The fourth-order valence-corrected chi connectivity index (χ4v) is 1.19. The summed E-state index contributed by atoms with van der Waals surface area (Å²) in [5.41, 5.74) is 6.17. The minimum absolute atomic E-state index is 0.388. The van der Waals surface area contributed by atoms with Gasteiger partial charge in [0.25, 0.3) is 0 Å². The molecule has 0 atom stereocenters. The van der Waals surface area contributed by atoms with E-state index in [2.05, 4.69) is 4.98 Å². The number of nitrogens with zero attached hydrogens (tertiary/aromatic N) is 1. The molecule has 0 fully saturated rings. The summed E-state index contributed by atoms with van der Waals surface area (Å²) in [6.07, 6.45) is 0.967. The molecule has 0 saturated heterocycles. The molecular weight excluding hydrogens is 192 g/mol. The van der Waals surface area contributed by atoms with Gasteiger partial charge < -0.3 is 15.2 Å². The van der Waals surface area contributed by atoms with Crippen molar-refractivity contribution < 1.29 is 9.47 Å². The largest absolute Gasteiger partial charge is 0.384 e. The first-order valence-corrected chi connectivity index (χ1v) is 4.03. The van der Waals surface area contributed by atoms with Crippen LogP contribution in [0.3, 0.4) is 0 Å². The number of hydrogen-bond donors (Lipinski definition) is 1. The van der Waals surface area contributed by atoms with Crippen molar-refractivity contribution in [2.75, 3.05) is 20.0 Å². The molecule has 72 valence electrons. The predicted octanol–water partition coefficient (Wildman–Crippen LogP) is 1.61. The minimum Gasteiger partial charge on any atom is -0.384 e. The van der Waals surface area contributed by atoms with Gasteiger partial charge in [-0.1, -0.05) is 11.6 Å². The summed E-state index contributed by atoms with van der Waals surface area (Å²) in [7, 11) is 3.06. The molecule has 13 heavy (non-hydrogen) atoms. The number of ether oxygens (including phenoxy) is 2. The number of methoxy groups -OCH3 is 2. The summed E-state index contributed by atoms with van der Waals surface area (Å²) in [6, 6.07) is 1.62. The van der Waals surface area contributed by atoms with Crippen molar-refractivity contribution in [3.8, 4) is 0 Å². The van der Waals surface area contributed by atoms with E-state index in [4.69, 9.17) is 26.8 Å². The number of nitrogen functional groups attached to an aromatic ring is 1. The Balaban J connectivity index is 3.03. The lowest BCUT2D eigenvalue weighted by Crippen LogP contribution is -2.05. The third kappa shape index (κ3) is 2.30. The molecule has 0 bridgehead atoms. The monoisotopic (exact) mass is 202 g/mol. The standard InChI is InChI=1S/C8H11ClN2O2/c1-12-8(13-2)5-3-7(10)11-4-6(5)9/h3-4,8H,1-2H3,(H2,10,11). The Morgan fingerprint density at radius 2 is 2.08 bits per heavy atom. The van der Waals surface area contributed by atoms with Gasteiger partial charge in [0.15, 0.2) is 6.29 Å². The van der Waals surface area contributed by atoms with Crippen LogP contribution in [0, 0.1) is 0 Å². The van der Waals surface area contributed by atoms with E-state index in [9.17, 15) is 0 Å². The number of aromatic nitrogens is 1. The van der Waals surface area contributed by atoms with Crippen molar-refractivity contribution in [2.45, 2.75) is 6.29 Å². The Labute approximate surface area is 81.6 Å². The molecular formula is C8H11ClN2O2. The summed E-state index contributed by atoms with van der Waals surface area (Å²) in [6.45, 7) is 0. The van der Waals surface area contributed by atoms with Gasteiger partial charge in [-0.3, -0.25) is 0 Å². The molecule has 1 aromatic rings. The molecule has 4 nitrogen and oxygen atoms in total. The van der Waals surface area contributed by atoms with Gasteiger partial charge in [-0.2, -0.15) is 0 Å². The maximum Gasteiger partial charge on any atom is 0.184 e. The van der Waals surface area contributed by atoms with Crippen LogP contribution in [0.25, 0.3) is 0 Å². The Kier molecular flexibility index (Phi) is 3.48. The normalized spacial score (nSPS) is 10.8. The van der Waals surface area contributed by atoms with Crippen LogP contribution in [-0.4, -0.2) is 19.2 Å². The average Bonchev–Trinajstić information content (AvgIpc) is 2.13. The van der Waals surface area contributed by atoms with Crippen molar-refractivity contribution in [1.29, 1.82) is 0 Å². The molecule has 0 aliphatic heterocycles. The smallest absolute Gasteiger partial charge is 0.184 e. The Morgan fingerprint density at radius 1 is 1.46 bits per heavy atom. The second-order valence-corrected chi connectivity index (χ2v) is 2.84. The quantitative estimate of drug-likeness (QED) is 0.757. The topological polar surface area (TPSA) is 57.4 Å². The molecule has 0 saturated carbocycles. The fourth-order valence-electron chi connectivity index (χ4n) is 1.00. The highest BCUT2D eigenvalue weighted by molar-refractivity contribution is 6.31. The fraction of sp³-hybridized carbons (Fsp3) is 0.375. The number of rotatable bonds is 3. The number of anilines is 1. The summed E-state index contributed by atoms with van der Waals surface area (Å²) in [5, 5.41) is 0.475. The highest BCUT2D eigenvalue weighted by atomic mass is 35.5. The molecule has 0 amide bonds. The van der Waals surface area contributed by atoms with E-state index in [-0.39, 0.29) is 0 Å². The lowest BCUT2D eigenvalue weighted by molar-refractivity contribution is -0.105. The van der Waals surface area contributed by atoms with Crippen LogP contribution < -0.4 is 5.73 Å². The van der Waals surface area contributed by atoms with Crippen molar-refractivity contribution in [1.82, 2.24) is 4.98 Å². The van der Waals surface area contributed by atoms with Gasteiger partial charge >= 0.3 is 0 Å². The third-order valence-electron chi connectivity index (χ3n) is 1.59. The summed E-state index contributed by atoms with van der Waals surface area (Å²) >= 11 is 5.87. The molecule has 0 unspecified atom stereocenters. The number of hydrogen-bond acceptors (Lipinski definition) is 4. The highest BCUT2D eigenvalue weighted by Gasteiger charge is 2.13. The maximum atomic E-state index is 5.87. The van der Waals surface area contributed by atoms with Crippen LogP contribution in [0.1, 0.15) is 11.9 Å². The van der Waals surface area contributed by atoms with Crippen molar-refractivity contribution >= 4 is 17.4 Å². The van der Waals surface area contributed by atoms with E-state index >= 15 is 0 Å². The molecule has 2 N–H and O–H groups in total. The van der Waals surface area contributed by atoms with Crippen molar-refractivity contribution in [3.05, 3.63) is 22.8 Å². The molecule has 1 heterocycles. The van der Waals surface area contributed by atoms with Crippen LogP contribution in [0.5, 0.6) is 0 Å². The third-order valence-corrected chi connectivity index (χ3v) is 1.90. The molecule has 0 aliphatic rings. The van der Waals surface area contributed by atoms with Gasteiger partial charge in [0.05, 0.1) is 5.02 Å². The zero-order valence-corrected chi connectivity index (χ0v) is 8.21. The zero-order valence-electron chi connectivity index (χ0n) is 7.45. The average molecular weight is 203 g/mol. The van der Waals surface area contributed by atoms with E-state index in [1.807, 2.05) is 0 Å². The van der Waals surface area contributed by atoms with Gasteiger partial charge in [-0.05, 0) is 6.07 Å². The summed E-state index contributed by atoms with van der Waals surface area (Å²) in [4.78, 5) is 3.83. The molecule has 0 spiro atoms. The Hall–Kier alpha value is -0.840. The Bertz CT molecular complexity index is 289.